The standard InChI is InChI=1S/C23H27Cl4N3O4S/c1-4-5-11-28-23(32)15(2)29(13-17-18(24)7-6-8-19(17)25)22(31)14-30(35(3,33)34)16-9-10-20(26)21(27)12-16/h6-10,12,15H,4-5,11,13-14H2,1-3H3,(H,28,32)/t15-/m1/s1. The molecule has 0 saturated heterocycles. The number of carbonyl (C=O) groups is 2. The van der Waals surface area contributed by atoms with Crippen molar-refractivity contribution in [1.29, 1.82) is 0 Å². The van der Waals surface area contributed by atoms with Crippen molar-refractivity contribution in [2.45, 2.75) is 39.3 Å². The quantitative estimate of drug-likeness (QED) is 0.359. The summed E-state index contributed by atoms with van der Waals surface area (Å²) in [5.41, 5.74) is 0.601. The van der Waals surface area contributed by atoms with E-state index in [0.717, 1.165) is 23.4 Å². The molecule has 2 aromatic carbocycles. The maximum Gasteiger partial charge on any atom is 0.244 e. The normalized spacial score (nSPS) is 12.2. The van der Waals surface area contributed by atoms with Crippen LogP contribution in [0.5, 0.6) is 0 Å². The molecule has 192 valence electrons. The van der Waals surface area contributed by atoms with Crippen LogP contribution >= 0.6 is 46.4 Å². The second kappa shape index (κ2) is 13.0. The maximum atomic E-state index is 13.5. The van der Waals surface area contributed by atoms with Gasteiger partial charge in [-0.3, -0.25) is 13.9 Å². The second-order valence-electron chi connectivity index (χ2n) is 7.91. The topological polar surface area (TPSA) is 86.8 Å². The number of carbonyl (C=O) groups excluding carboxylic acids is 2. The lowest BCUT2D eigenvalue weighted by Gasteiger charge is -2.32. The van der Waals surface area contributed by atoms with Crippen LogP contribution in [-0.2, 0) is 26.2 Å². The fourth-order valence-corrected chi connectivity index (χ4v) is 4.88. The van der Waals surface area contributed by atoms with Crippen LogP contribution in [-0.4, -0.2) is 50.5 Å². The Hall–Kier alpha value is -1.71. The molecule has 0 fully saturated rings. The first kappa shape index (κ1) is 29.5. The second-order valence-corrected chi connectivity index (χ2v) is 11.4. The monoisotopic (exact) mass is 581 g/mol. The highest BCUT2D eigenvalue weighted by molar-refractivity contribution is 7.92. The van der Waals surface area contributed by atoms with E-state index >= 15 is 0 Å². The van der Waals surface area contributed by atoms with E-state index in [2.05, 4.69) is 5.32 Å². The van der Waals surface area contributed by atoms with E-state index in [-0.39, 0.29) is 28.2 Å². The highest BCUT2D eigenvalue weighted by Crippen LogP contribution is 2.30. The minimum absolute atomic E-state index is 0.0985. The highest BCUT2D eigenvalue weighted by atomic mass is 35.5. The molecule has 7 nitrogen and oxygen atoms in total. The van der Waals surface area contributed by atoms with Gasteiger partial charge in [0.15, 0.2) is 0 Å². The van der Waals surface area contributed by atoms with Crippen LogP contribution in [0.2, 0.25) is 20.1 Å². The summed E-state index contributed by atoms with van der Waals surface area (Å²) < 4.78 is 26.1. The number of anilines is 1. The number of rotatable bonds is 11. The lowest BCUT2D eigenvalue weighted by Crippen LogP contribution is -2.51. The summed E-state index contributed by atoms with van der Waals surface area (Å²) in [5.74, 6) is -1.01. The van der Waals surface area contributed by atoms with Crippen molar-refractivity contribution in [2.75, 3.05) is 23.7 Å². The van der Waals surface area contributed by atoms with Crippen molar-refractivity contribution in [3.05, 3.63) is 62.1 Å². The van der Waals surface area contributed by atoms with Crippen molar-refractivity contribution < 1.29 is 18.0 Å². The summed E-state index contributed by atoms with van der Waals surface area (Å²) in [6.07, 6.45) is 2.64. The molecule has 0 aromatic heterocycles. The van der Waals surface area contributed by atoms with Crippen LogP contribution in [0.15, 0.2) is 36.4 Å². The number of amides is 2. The van der Waals surface area contributed by atoms with Crippen LogP contribution in [0.3, 0.4) is 0 Å². The number of nitrogens with zero attached hydrogens (tertiary/aromatic N) is 2. The van der Waals surface area contributed by atoms with Gasteiger partial charge in [0.25, 0.3) is 0 Å². The van der Waals surface area contributed by atoms with Crippen LogP contribution in [0.1, 0.15) is 32.3 Å². The number of sulfonamides is 1. The maximum absolute atomic E-state index is 13.5. The van der Waals surface area contributed by atoms with Crippen molar-refractivity contribution in [3.8, 4) is 0 Å². The van der Waals surface area contributed by atoms with Gasteiger partial charge in [-0.15, -0.1) is 0 Å². The molecule has 0 bridgehead atoms. The van der Waals surface area contributed by atoms with Crippen molar-refractivity contribution in [2.24, 2.45) is 0 Å². The van der Waals surface area contributed by atoms with E-state index < -0.39 is 28.5 Å². The van der Waals surface area contributed by atoms with Gasteiger partial charge in [-0.1, -0.05) is 65.8 Å². The van der Waals surface area contributed by atoms with E-state index in [9.17, 15) is 18.0 Å². The summed E-state index contributed by atoms with van der Waals surface area (Å²) >= 11 is 24.7. The van der Waals surface area contributed by atoms with Gasteiger partial charge < -0.3 is 10.2 Å². The van der Waals surface area contributed by atoms with Gasteiger partial charge in [0, 0.05) is 28.7 Å². The Kier molecular flexibility index (Phi) is 11.0. The van der Waals surface area contributed by atoms with Crippen LogP contribution in [0.4, 0.5) is 5.69 Å². The summed E-state index contributed by atoms with van der Waals surface area (Å²) in [6, 6.07) is 8.21. The molecule has 0 aliphatic carbocycles. The molecular weight excluding hydrogens is 556 g/mol. The first-order valence-electron chi connectivity index (χ1n) is 10.8. The minimum atomic E-state index is -3.90. The number of unbranched alkanes of at least 4 members (excludes halogenated alkanes) is 1. The van der Waals surface area contributed by atoms with E-state index in [0.29, 0.717) is 22.2 Å². The van der Waals surface area contributed by atoms with Crippen molar-refractivity contribution in [3.63, 3.8) is 0 Å². The number of nitrogens with one attached hydrogen (secondary N) is 1. The predicted octanol–water partition coefficient (Wildman–Crippen LogP) is 5.40. The van der Waals surface area contributed by atoms with Gasteiger partial charge in [0.05, 0.1) is 22.0 Å². The van der Waals surface area contributed by atoms with Gasteiger partial charge in [-0.2, -0.15) is 0 Å². The lowest BCUT2D eigenvalue weighted by molar-refractivity contribution is -0.139. The molecule has 12 heteroatoms. The zero-order valence-corrected chi connectivity index (χ0v) is 23.4. The third-order valence-electron chi connectivity index (χ3n) is 5.26. The van der Waals surface area contributed by atoms with Crippen LogP contribution < -0.4 is 9.62 Å². The summed E-state index contributed by atoms with van der Waals surface area (Å²) in [5, 5.41) is 3.81. The Morgan fingerprint density at radius 3 is 2.17 bits per heavy atom. The smallest absolute Gasteiger partial charge is 0.244 e. The Morgan fingerprint density at radius 2 is 1.63 bits per heavy atom. The molecule has 1 N–H and O–H groups in total. The van der Waals surface area contributed by atoms with Crippen LogP contribution in [0, 0.1) is 0 Å². The summed E-state index contributed by atoms with van der Waals surface area (Å²) in [7, 11) is -3.90. The number of benzene rings is 2. The fraction of sp³-hybridized carbons (Fsp3) is 0.391. The van der Waals surface area contributed by atoms with Gasteiger partial charge in [0.1, 0.15) is 12.6 Å². The molecule has 0 heterocycles. The molecule has 35 heavy (non-hydrogen) atoms. The number of hydrogen-bond donors (Lipinski definition) is 1. The molecule has 0 spiro atoms. The molecule has 0 aliphatic rings. The zero-order valence-electron chi connectivity index (χ0n) is 19.5. The molecule has 2 rings (SSSR count). The Labute approximate surface area is 226 Å². The third kappa shape index (κ3) is 8.15. The van der Waals surface area contributed by atoms with Crippen LogP contribution in [0.25, 0.3) is 0 Å². The largest absolute Gasteiger partial charge is 0.354 e. The zero-order chi connectivity index (χ0) is 26.3. The fourth-order valence-electron chi connectivity index (χ4n) is 3.23. The Morgan fingerprint density at radius 1 is 1.00 bits per heavy atom. The minimum Gasteiger partial charge on any atom is -0.354 e. The molecule has 1 atom stereocenters. The van der Waals surface area contributed by atoms with Gasteiger partial charge in [-0.05, 0) is 43.7 Å². The SMILES string of the molecule is CCCCNC(=O)[C@@H](C)N(Cc1c(Cl)cccc1Cl)C(=O)CN(c1ccc(Cl)c(Cl)c1)S(C)(=O)=O. The molecular formula is C23H27Cl4N3O4S. The average Bonchev–Trinajstić information content (AvgIpc) is 2.78. The van der Waals surface area contributed by atoms with E-state index in [4.69, 9.17) is 46.4 Å². The van der Waals surface area contributed by atoms with Crippen molar-refractivity contribution in [1.82, 2.24) is 10.2 Å². The van der Waals surface area contributed by atoms with Gasteiger partial charge in [0.2, 0.25) is 21.8 Å². The molecule has 0 aliphatic heterocycles. The first-order chi connectivity index (χ1) is 16.4. The summed E-state index contributed by atoms with van der Waals surface area (Å²) in [6.45, 7) is 3.33. The lowest BCUT2D eigenvalue weighted by atomic mass is 10.1. The molecule has 0 saturated carbocycles. The Balaban J connectivity index is 2.43. The predicted molar refractivity (Wildman–Crippen MR) is 143 cm³/mol. The van der Waals surface area contributed by atoms with E-state index in [1.807, 2.05) is 6.92 Å². The average molecular weight is 583 g/mol. The van der Waals surface area contributed by atoms with Crippen molar-refractivity contribution >= 4 is 73.9 Å². The molecule has 2 amide bonds. The number of hydrogen-bond acceptors (Lipinski definition) is 4. The van der Waals surface area contributed by atoms with E-state index in [1.165, 1.54) is 23.1 Å². The Bertz CT molecular complexity index is 1160. The van der Waals surface area contributed by atoms with Gasteiger partial charge in [-0.25, -0.2) is 8.42 Å². The van der Waals surface area contributed by atoms with E-state index in [1.54, 1.807) is 25.1 Å². The first-order valence-corrected chi connectivity index (χ1v) is 14.2. The number of halogens is 4. The summed E-state index contributed by atoms with van der Waals surface area (Å²) in [4.78, 5) is 27.6. The highest BCUT2D eigenvalue weighted by Gasteiger charge is 2.31. The van der Waals surface area contributed by atoms with Gasteiger partial charge >= 0.3 is 0 Å². The third-order valence-corrected chi connectivity index (χ3v) is 7.85. The molecule has 2 aromatic rings. The molecule has 0 radical (unpaired) electrons. The molecule has 0 unspecified atom stereocenters.